The van der Waals surface area contributed by atoms with Crippen LogP contribution in [0.5, 0.6) is 0 Å². The van der Waals surface area contributed by atoms with E-state index >= 15 is 0 Å². The van der Waals surface area contributed by atoms with Gasteiger partial charge < -0.3 is 10.2 Å². The summed E-state index contributed by atoms with van der Waals surface area (Å²) in [6, 6.07) is 1.60. The summed E-state index contributed by atoms with van der Waals surface area (Å²) < 4.78 is 26.5. The van der Waals surface area contributed by atoms with E-state index in [4.69, 9.17) is 0 Å². The molecule has 110 valence electrons. The van der Waals surface area contributed by atoms with Crippen molar-refractivity contribution in [2.75, 3.05) is 39.0 Å². The largest absolute Gasteiger partial charge is 0.387 e. The van der Waals surface area contributed by atoms with Gasteiger partial charge in [-0.05, 0) is 12.5 Å². The van der Waals surface area contributed by atoms with Crippen molar-refractivity contribution in [3.05, 3.63) is 18.5 Å². The third-order valence-electron chi connectivity index (χ3n) is 3.31. The van der Waals surface area contributed by atoms with E-state index in [9.17, 15) is 13.2 Å². The number of anilines is 1. The highest BCUT2D eigenvalue weighted by Crippen LogP contribution is 2.24. The number of pyridine rings is 1. The van der Waals surface area contributed by atoms with Crippen LogP contribution in [0.15, 0.2) is 23.4 Å². The lowest BCUT2D eigenvalue weighted by atomic mass is 10.4. The van der Waals surface area contributed by atoms with E-state index in [1.807, 2.05) is 0 Å². The first kappa shape index (κ1) is 14.7. The van der Waals surface area contributed by atoms with Gasteiger partial charge in [-0.3, -0.25) is 9.78 Å². The predicted molar refractivity (Wildman–Crippen MR) is 74.8 cm³/mol. The smallest absolute Gasteiger partial charge is 0.247 e. The molecular formula is C12H18N4O3S. The summed E-state index contributed by atoms with van der Waals surface area (Å²) >= 11 is 0. The van der Waals surface area contributed by atoms with E-state index in [1.165, 1.54) is 16.7 Å². The van der Waals surface area contributed by atoms with E-state index < -0.39 is 10.0 Å². The van der Waals surface area contributed by atoms with E-state index in [1.54, 1.807) is 25.1 Å². The Labute approximate surface area is 118 Å². The highest BCUT2D eigenvalue weighted by molar-refractivity contribution is 7.89. The lowest BCUT2D eigenvalue weighted by Crippen LogP contribution is -2.38. The molecule has 1 fully saturated rings. The number of nitrogens with zero attached hydrogens (tertiary/aromatic N) is 3. The van der Waals surface area contributed by atoms with Gasteiger partial charge in [0, 0.05) is 39.6 Å². The second kappa shape index (κ2) is 5.76. The SMILES string of the molecule is CNc1ccncc1S(=O)(=O)N1CCCN(C)C(=O)C1. The second-order valence-corrected chi connectivity index (χ2v) is 6.54. The number of rotatable bonds is 3. The van der Waals surface area contributed by atoms with Crippen molar-refractivity contribution in [3.63, 3.8) is 0 Å². The van der Waals surface area contributed by atoms with Gasteiger partial charge in [-0.2, -0.15) is 4.31 Å². The molecular weight excluding hydrogens is 280 g/mol. The Morgan fingerprint density at radius 3 is 2.80 bits per heavy atom. The first-order valence-electron chi connectivity index (χ1n) is 6.32. The number of hydrogen-bond donors (Lipinski definition) is 1. The summed E-state index contributed by atoms with van der Waals surface area (Å²) in [4.78, 5) is 17.4. The second-order valence-electron chi connectivity index (χ2n) is 4.63. The summed E-state index contributed by atoms with van der Waals surface area (Å²) in [5.74, 6) is -0.194. The summed E-state index contributed by atoms with van der Waals surface area (Å²) in [5, 5.41) is 2.84. The van der Waals surface area contributed by atoms with Gasteiger partial charge in [0.05, 0.1) is 12.2 Å². The standard InChI is InChI=1S/C12H18N4O3S/c1-13-10-4-5-14-8-11(10)20(18,19)16-7-3-6-15(2)12(17)9-16/h4-5,8H,3,6-7,9H2,1-2H3,(H,13,14). The Morgan fingerprint density at radius 2 is 2.10 bits per heavy atom. The average molecular weight is 298 g/mol. The van der Waals surface area contributed by atoms with Gasteiger partial charge in [0.15, 0.2) is 0 Å². The van der Waals surface area contributed by atoms with Crippen LogP contribution in [0.2, 0.25) is 0 Å². The van der Waals surface area contributed by atoms with Crippen molar-refractivity contribution < 1.29 is 13.2 Å². The quantitative estimate of drug-likeness (QED) is 0.848. The van der Waals surface area contributed by atoms with Crippen molar-refractivity contribution in [1.29, 1.82) is 0 Å². The van der Waals surface area contributed by atoms with Crippen molar-refractivity contribution in [1.82, 2.24) is 14.2 Å². The molecule has 0 atom stereocenters. The molecule has 2 rings (SSSR count). The molecule has 1 aliphatic rings. The molecule has 1 aromatic heterocycles. The fraction of sp³-hybridized carbons (Fsp3) is 0.500. The molecule has 1 aliphatic heterocycles. The lowest BCUT2D eigenvalue weighted by molar-refractivity contribution is -0.129. The Morgan fingerprint density at radius 1 is 1.35 bits per heavy atom. The number of hydrogen-bond acceptors (Lipinski definition) is 5. The minimum Gasteiger partial charge on any atom is -0.387 e. The highest BCUT2D eigenvalue weighted by Gasteiger charge is 2.31. The molecule has 1 N–H and O–H groups in total. The maximum atomic E-state index is 12.6. The zero-order valence-electron chi connectivity index (χ0n) is 11.5. The van der Waals surface area contributed by atoms with Gasteiger partial charge in [0.2, 0.25) is 15.9 Å². The van der Waals surface area contributed by atoms with Gasteiger partial charge in [0.25, 0.3) is 0 Å². The molecule has 0 unspecified atom stereocenters. The summed E-state index contributed by atoms with van der Waals surface area (Å²) in [6.45, 7) is 0.768. The van der Waals surface area contributed by atoms with E-state index in [-0.39, 0.29) is 17.3 Å². The third-order valence-corrected chi connectivity index (χ3v) is 5.18. The predicted octanol–water partition coefficient (Wildman–Crippen LogP) is -0.0239. The van der Waals surface area contributed by atoms with Crippen molar-refractivity contribution >= 4 is 21.6 Å². The summed E-state index contributed by atoms with van der Waals surface area (Å²) in [7, 11) is -0.393. The Kier molecular flexibility index (Phi) is 4.24. The Balaban J connectivity index is 2.37. The van der Waals surface area contributed by atoms with Crippen molar-refractivity contribution in [2.24, 2.45) is 0 Å². The first-order chi connectivity index (χ1) is 9.46. The number of likely N-dealkylation sites (N-methyl/N-ethyl adjacent to an activating group) is 1. The molecule has 0 radical (unpaired) electrons. The monoisotopic (exact) mass is 298 g/mol. The van der Waals surface area contributed by atoms with Crippen LogP contribution < -0.4 is 5.32 Å². The number of amides is 1. The number of aromatic nitrogens is 1. The minimum atomic E-state index is -3.72. The topological polar surface area (TPSA) is 82.6 Å². The van der Waals surface area contributed by atoms with Crippen LogP contribution in [-0.2, 0) is 14.8 Å². The average Bonchev–Trinajstić information content (AvgIpc) is 2.61. The maximum Gasteiger partial charge on any atom is 0.247 e. The summed E-state index contributed by atoms with van der Waals surface area (Å²) in [5.41, 5.74) is 0.477. The van der Waals surface area contributed by atoms with Crippen molar-refractivity contribution in [3.8, 4) is 0 Å². The fourth-order valence-corrected chi connectivity index (χ4v) is 3.67. The van der Waals surface area contributed by atoms with Crippen LogP contribution in [-0.4, -0.2) is 62.2 Å². The molecule has 1 amide bonds. The zero-order valence-corrected chi connectivity index (χ0v) is 12.4. The number of carbonyl (C=O) groups is 1. The maximum absolute atomic E-state index is 12.6. The van der Waals surface area contributed by atoms with Gasteiger partial charge in [-0.1, -0.05) is 0 Å². The normalized spacial score (nSPS) is 17.9. The Hall–Kier alpha value is -1.67. The summed E-state index contributed by atoms with van der Waals surface area (Å²) in [6.07, 6.45) is 3.45. The molecule has 0 aliphatic carbocycles. The third kappa shape index (κ3) is 2.75. The number of carbonyl (C=O) groups excluding carboxylic acids is 1. The van der Waals surface area contributed by atoms with Crippen LogP contribution >= 0.6 is 0 Å². The molecule has 0 aromatic carbocycles. The number of sulfonamides is 1. The molecule has 7 nitrogen and oxygen atoms in total. The minimum absolute atomic E-state index is 0.0971. The number of nitrogens with one attached hydrogen (secondary N) is 1. The molecule has 0 saturated carbocycles. The van der Waals surface area contributed by atoms with Crippen LogP contribution in [0.1, 0.15) is 6.42 Å². The fourth-order valence-electron chi connectivity index (χ4n) is 2.10. The zero-order chi connectivity index (χ0) is 14.8. The lowest BCUT2D eigenvalue weighted by Gasteiger charge is -2.20. The van der Waals surface area contributed by atoms with Gasteiger partial charge in [-0.15, -0.1) is 0 Å². The molecule has 1 aromatic rings. The molecule has 0 bridgehead atoms. The molecule has 2 heterocycles. The molecule has 8 heteroatoms. The van der Waals surface area contributed by atoms with Crippen LogP contribution in [0.3, 0.4) is 0 Å². The molecule has 1 saturated heterocycles. The van der Waals surface area contributed by atoms with Gasteiger partial charge in [-0.25, -0.2) is 8.42 Å². The first-order valence-corrected chi connectivity index (χ1v) is 7.76. The van der Waals surface area contributed by atoms with Gasteiger partial charge in [0.1, 0.15) is 4.90 Å². The Bertz CT molecular complexity index is 602. The van der Waals surface area contributed by atoms with Crippen molar-refractivity contribution in [2.45, 2.75) is 11.3 Å². The van der Waals surface area contributed by atoms with E-state index in [0.717, 1.165) is 0 Å². The van der Waals surface area contributed by atoms with E-state index in [2.05, 4.69) is 10.3 Å². The van der Waals surface area contributed by atoms with Gasteiger partial charge >= 0.3 is 0 Å². The molecule has 0 spiro atoms. The molecule has 20 heavy (non-hydrogen) atoms. The van der Waals surface area contributed by atoms with Crippen LogP contribution in [0.25, 0.3) is 0 Å². The van der Waals surface area contributed by atoms with Crippen LogP contribution in [0, 0.1) is 0 Å². The van der Waals surface area contributed by atoms with E-state index in [0.29, 0.717) is 25.2 Å². The highest BCUT2D eigenvalue weighted by atomic mass is 32.2. The van der Waals surface area contributed by atoms with Crippen LogP contribution in [0.4, 0.5) is 5.69 Å².